The van der Waals surface area contributed by atoms with E-state index >= 15 is 0 Å². The molecule has 0 aromatic carbocycles. The predicted molar refractivity (Wildman–Crippen MR) is 148 cm³/mol. The summed E-state index contributed by atoms with van der Waals surface area (Å²) >= 11 is 0. The molecule has 1 amide bonds. The Kier molecular flexibility index (Phi) is 11.7. The van der Waals surface area contributed by atoms with Gasteiger partial charge < -0.3 is 29.4 Å². The van der Waals surface area contributed by atoms with Crippen molar-refractivity contribution in [3.63, 3.8) is 0 Å². The summed E-state index contributed by atoms with van der Waals surface area (Å²) in [5.41, 5.74) is 0.827. The van der Waals surface area contributed by atoms with Gasteiger partial charge in [-0.2, -0.15) is 26.3 Å². The number of nitrogens with zero attached hydrogens (tertiary/aromatic N) is 5. The van der Waals surface area contributed by atoms with Gasteiger partial charge in [0.1, 0.15) is 18.9 Å². The Balaban J connectivity index is 1.37. The number of carbonyl (C=O) groups is 1. The zero-order valence-electron chi connectivity index (χ0n) is 24.6. The van der Waals surface area contributed by atoms with Crippen molar-refractivity contribution < 1.29 is 45.3 Å². The molecule has 1 N–H and O–H groups in total. The summed E-state index contributed by atoms with van der Waals surface area (Å²) in [7, 11) is -1.32. The molecule has 0 spiro atoms. The zero-order valence-corrected chi connectivity index (χ0v) is 25.6. The van der Waals surface area contributed by atoms with Gasteiger partial charge in [-0.05, 0) is 13.0 Å². The van der Waals surface area contributed by atoms with Crippen molar-refractivity contribution in [3.05, 3.63) is 41.7 Å². The predicted octanol–water partition coefficient (Wildman–Crippen LogP) is 4.38. The molecule has 0 saturated carbocycles. The van der Waals surface area contributed by atoms with Crippen LogP contribution in [-0.4, -0.2) is 98.9 Å². The van der Waals surface area contributed by atoms with Gasteiger partial charge in [-0.1, -0.05) is 19.6 Å². The first-order valence-corrected chi connectivity index (χ1v) is 17.5. The monoisotopic (exact) mass is 640 g/mol. The van der Waals surface area contributed by atoms with Crippen LogP contribution in [0, 0.1) is 0 Å². The van der Waals surface area contributed by atoms with E-state index in [0.717, 1.165) is 30.8 Å². The quantitative estimate of drug-likeness (QED) is 0.192. The van der Waals surface area contributed by atoms with E-state index in [9.17, 15) is 31.1 Å². The fourth-order valence-electron chi connectivity index (χ4n) is 3.97. The molecular weight excluding hydrogens is 602 g/mol. The van der Waals surface area contributed by atoms with E-state index in [1.54, 1.807) is 16.7 Å². The molecule has 0 aliphatic carbocycles. The van der Waals surface area contributed by atoms with Crippen LogP contribution >= 0.6 is 0 Å². The van der Waals surface area contributed by atoms with Crippen LogP contribution in [0.25, 0.3) is 0 Å². The Bertz CT molecular complexity index is 1120. The molecular formula is C26H38F6N6O4Si. The molecule has 17 heteroatoms. The van der Waals surface area contributed by atoms with Crippen molar-refractivity contribution in [2.45, 2.75) is 57.5 Å². The summed E-state index contributed by atoms with van der Waals surface area (Å²) in [4.78, 5) is 23.4. The lowest BCUT2D eigenvalue weighted by Gasteiger charge is -2.34. The van der Waals surface area contributed by atoms with Crippen molar-refractivity contribution in [1.29, 1.82) is 0 Å². The lowest BCUT2D eigenvalue weighted by molar-refractivity contribution is -0.138. The zero-order chi connectivity index (χ0) is 31.8. The second-order valence-electron chi connectivity index (χ2n) is 11.4. The fourth-order valence-corrected chi connectivity index (χ4v) is 4.73. The maximum Gasteiger partial charge on any atom is 0.421 e. The summed E-state index contributed by atoms with van der Waals surface area (Å²) < 4.78 is 95.7. The Morgan fingerprint density at radius 3 is 2.26 bits per heavy atom. The highest BCUT2D eigenvalue weighted by Gasteiger charge is 2.39. The second-order valence-corrected chi connectivity index (χ2v) is 17.0. The summed E-state index contributed by atoms with van der Waals surface area (Å²) in [6, 6.07) is 0.891. The second kappa shape index (κ2) is 14.6. The minimum absolute atomic E-state index is 0.0351. The molecule has 242 valence electrons. The number of carbonyl (C=O) groups excluding carboxylic acids is 1. The van der Waals surface area contributed by atoms with E-state index in [2.05, 4.69) is 35.0 Å². The van der Waals surface area contributed by atoms with Gasteiger partial charge >= 0.3 is 12.4 Å². The van der Waals surface area contributed by atoms with Gasteiger partial charge in [-0.15, -0.1) is 0 Å². The number of piperazine rings is 1. The maximum absolute atomic E-state index is 13.7. The molecule has 1 fully saturated rings. The van der Waals surface area contributed by atoms with Crippen molar-refractivity contribution >= 4 is 19.9 Å². The number of nitrogens with one attached hydrogen (secondary N) is 1. The molecule has 10 nitrogen and oxygen atoms in total. The Morgan fingerprint density at radius 1 is 1.02 bits per heavy atom. The lowest BCUT2D eigenvalue weighted by atomic mass is 10.2. The first kappa shape index (κ1) is 34.4. The number of hydrogen-bond acceptors (Lipinski definition) is 9. The van der Waals surface area contributed by atoms with E-state index in [1.807, 2.05) is 0 Å². The number of amides is 1. The highest BCUT2D eigenvalue weighted by atomic mass is 28.3. The molecule has 0 radical (unpaired) electrons. The van der Waals surface area contributed by atoms with Crippen LogP contribution in [0.4, 0.5) is 32.3 Å². The van der Waals surface area contributed by atoms with Crippen LogP contribution in [-0.2, 0) is 25.2 Å². The van der Waals surface area contributed by atoms with Crippen LogP contribution in [0.3, 0.4) is 0 Å². The largest absolute Gasteiger partial charge is 0.489 e. The van der Waals surface area contributed by atoms with Crippen LogP contribution in [0.1, 0.15) is 18.9 Å². The van der Waals surface area contributed by atoms with Gasteiger partial charge in [0.25, 0.3) is 0 Å². The number of aromatic nitrogens is 2. The van der Waals surface area contributed by atoms with Crippen molar-refractivity contribution in [3.8, 4) is 0 Å². The number of allylic oxidation sites excluding steroid dienone is 1. The van der Waals surface area contributed by atoms with Crippen molar-refractivity contribution in [1.82, 2.24) is 25.3 Å². The number of ether oxygens (including phenoxy) is 3. The number of rotatable bonds is 13. The van der Waals surface area contributed by atoms with Crippen LogP contribution in [0.15, 0.2) is 36.1 Å². The van der Waals surface area contributed by atoms with Crippen LogP contribution in [0.5, 0.6) is 0 Å². The fraction of sp³-hybridized carbons (Fsp3) is 0.654. The van der Waals surface area contributed by atoms with Crippen LogP contribution < -0.4 is 10.3 Å². The first-order valence-electron chi connectivity index (χ1n) is 13.8. The number of alkyl halides is 6. The molecule has 1 aromatic rings. The summed E-state index contributed by atoms with van der Waals surface area (Å²) in [5, 5.41) is 1.20. The average Bonchev–Trinajstić information content (AvgIpc) is 2.93. The van der Waals surface area contributed by atoms with Crippen molar-refractivity contribution in [2.75, 3.05) is 57.6 Å². The van der Waals surface area contributed by atoms with Gasteiger partial charge in [0.15, 0.2) is 5.76 Å². The molecule has 1 atom stereocenters. The van der Waals surface area contributed by atoms with E-state index in [-0.39, 0.29) is 44.0 Å². The third kappa shape index (κ3) is 11.2. The third-order valence-electron chi connectivity index (χ3n) is 6.52. The summed E-state index contributed by atoms with van der Waals surface area (Å²) in [6.45, 7) is 9.79. The number of hydrazine groups is 1. The van der Waals surface area contributed by atoms with Crippen LogP contribution in [0.2, 0.25) is 25.7 Å². The highest BCUT2D eigenvalue weighted by Crippen LogP contribution is 2.33. The standard InChI is InChI=1S/C26H38F6N6O4Si/c1-19(17-42-22-15-35-38(16-21(22)26(30,31)32)18-40-11-12-43(2,3)4)41-10-5-23(39)36-6-8-37(9-7-36)24-33-13-20(14-34-24)25(27,28)29/h13-16,19,35H,5-12,17-18H2,1-4H3. The minimum Gasteiger partial charge on any atom is -0.489 e. The smallest absolute Gasteiger partial charge is 0.421 e. The molecule has 43 heavy (non-hydrogen) atoms. The number of hydrogen-bond donors (Lipinski definition) is 1. The minimum atomic E-state index is -4.65. The van der Waals surface area contributed by atoms with Gasteiger partial charge in [-0.25, -0.2) is 9.97 Å². The van der Waals surface area contributed by atoms with Gasteiger partial charge in [0.2, 0.25) is 11.9 Å². The molecule has 3 heterocycles. The Hall–Kier alpha value is -3.05. The van der Waals surface area contributed by atoms with E-state index in [4.69, 9.17) is 14.2 Å². The van der Waals surface area contributed by atoms with Gasteiger partial charge in [0.05, 0.1) is 30.9 Å². The molecule has 0 bridgehead atoms. The number of halogens is 6. The maximum atomic E-state index is 13.7. The van der Waals surface area contributed by atoms with Gasteiger partial charge in [0, 0.05) is 59.5 Å². The Labute approximate surface area is 247 Å². The van der Waals surface area contributed by atoms with E-state index < -0.39 is 37.7 Å². The SMILES string of the molecule is CC(COC1=CNN(COCC[Si](C)(C)C)C=C1C(F)(F)F)OCCC(=O)N1CCN(c2ncc(C(F)(F)F)cn2)CC1. The molecule has 2 aliphatic heterocycles. The number of anilines is 1. The summed E-state index contributed by atoms with van der Waals surface area (Å²) in [5.74, 6) is -0.412. The molecule has 2 aliphatic rings. The molecule has 1 saturated heterocycles. The van der Waals surface area contributed by atoms with Crippen molar-refractivity contribution in [2.24, 2.45) is 0 Å². The summed E-state index contributed by atoms with van der Waals surface area (Å²) in [6.07, 6.45) is -6.25. The first-order chi connectivity index (χ1) is 20.0. The Morgan fingerprint density at radius 2 is 1.67 bits per heavy atom. The lowest BCUT2D eigenvalue weighted by Crippen LogP contribution is -2.49. The topological polar surface area (TPSA) is 92.3 Å². The van der Waals surface area contributed by atoms with E-state index in [1.165, 1.54) is 5.01 Å². The third-order valence-corrected chi connectivity index (χ3v) is 8.22. The van der Waals surface area contributed by atoms with Gasteiger partial charge in [-0.3, -0.25) is 9.80 Å². The highest BCUT2D eigenvalue weighted by molar-refractivity contribution is 6.76. The average molecular weight is 641 g/mol. The molecule has 1 unspecified atom stereocenters. The normalized spacial score (nSPS) is 17.3. The molecule has 3 rings (SSSR count). The molecule has 1 aromatic heterocycles. The van der Waals surface area contributed by atoms with E-state index in [0.29, 0.717) is 32.8 Å².